The van der Waals surface area contributed by atoms with Crippen LogP contribution in [0.15, 0.2) is 65.8 Å². The van der Waals surface area contributed by atoms with Gasteiger partial charge in [0, 0.05) is 30.2 Å². The van der Waals surface area contributed by atoms with Crippen molar-refractivity contribution in [3.8, 4) is 0 Å². The Balaban J connectivity index is 1.69. The average molecular weight is 623 g/mol. The van der Waals surface area contributed by atoms with Crippen molar-refractivity contribution in [1.29, 1.82) is 0 Å². The van der Waals surface area contributed by atoms with E-state index in [9.17, 15) is 22.8 Å². The van der Waals surface area contributed by atoms with Gasteiger partial charge < -0.3 is 15.1 Å². The van der Waals surface area contributed by atoms with Crippen LogP contribution in [0.25, 0.3) is 0 Å². The summed E-state index contributed by atoms with van der Waals surface area (Å²) in [6.45, 7) is 8.73. The Bertz CT molecular complexity index is 1430. The Labute approximate surface area is 253 Å². The molecule has 0 aliphatic carbocycles. The second-order valence-corrected chi connectivity index (χ2v) is 10.4. The number of amides is 2. The van der Waals surface area contributed by atoms with Gasteiger partial charge in [-0.15, -0.1) is 0 Å². The molecule has 7 nitrogen and oxygen atoms in total. The van der Waals surface area contributed by atoms with E-state index >= 15 is 0 Å². The fourth-order valence-electron chi connectivity index (χ4n) is 4.13. The molecule has 0 fully saturated rings. The Morgan fingerprint density at radius 2 is 1.69 bits per heavy atom. The van der Waals surface area contributed by atoms with E-state index in [1.165, 1.54) is 24.3 Å². The maximum atomic E-state index is 13.1. The molecule has 0 unspecified atom stereocenters. The number of hydrogen-bond acceptors (Lipinski definition) is 5. The van der Waals surface area contributed by atoms with E-state index in [1.807, 2.05) is 13.1 Å². The topological polar surface area (TPSA) is 77.0 Å². The van der Waals surface area contributed by atoms with Crippen LogP contribution in [0.5, 0.6) is 0 Å². The largest absolute Gasteiger partial charge is 0.417 e. The molecule has 0 spiro atoms. The molecule has 12 heteroatoms. The van der Waals surface area contributed by atoms with E-state index in [-0.39, 0.29) is 21.8 Å². The monoisotopic (exact) mass is 621 g/mol. The smallest absolute Gasteiger partial charge is 0.321 e. The number of rotatable bonds is 12. The zero-order valence-electron chi connectivity index (χ0n) is 23.4. The summed E-state index contributed by atoms with van der Waals surface area (Å²) in [5, 5.41) is 6.29. The SMILES string of the molecule is CCN(CC)CCN(C)Cc1cccc(C(=O)Nc2ccc(Cl)cc2C(=O)N/N=C/c2ccc(Cl)c(C(F)(F)F)c2)c1. The van der Waals surface area contributed by atoms with Crippen molar-refractivity contribution in [1.82, 2.24) is 15.2 Å². The number of halogens is 5. The van der Waals surface area contributed by atoms with Crippen molar-refractivity contribution in [3.05, 3.63) is 98.5 Å². The van der Waals surface area contributed by atoms with Crippen LogP contribution in [-0.2, 0) is 12.7 Å². The minimum Gasteiger partial charge on any atom is -0.321 e. The Kier molecular flexibility index (Phi) is 11.9. The van der Waals surface area contributed by atoms with Crippen molar-refractivity contribution in [2.75, 3.05) is 38.5 Å². The van der Waals surface area contributed by atoms with E-state index in [0.717, 1.165) is 50.1 Å². The maximum Gasteiger partial charge on any atom is 0.417 e. The van der Waals surface area contributed by atoms with Crippen molar-refractivity contribution in [2.45, 2.75) is 26.6 Å². The zero-order chi connectivity index (χ0) is 30.9. The molecule has 3 rings (SSSR count). The highest BCUT2D eigenvalue weighted by molar-refractivity contribution is 6.31. The molecule has 42 heavy (non-hydrogen) atoms. The van der Waals surface area contributed by atoms with Gasteiger partial charge in [0.25, 0.3) is 11.8 Å². The lowest BCUT2D eigenvalue weighted by molar-refractivity contribution is -0.137. The predicted molar refractivity (Wildman–Crippen MR) is 161 cm³/mol. The van der Waals surface area contributed by atoms with Gasteiger partial charge in [-0.2, -0.15) is 18.3 Å². The highest BCUT2D eigenvalue weighted by atomic mass is 35.5. The molecule has 3 aromatic carbocycles. The second kappa shape index (κ2) is 15.2. The molecule has 0 bridgehead atoms. The first-order chi connectivity index (χ1) is 19.9. The lowest BCUT2D eigenvalue weighted by atomic mass is 10.1. The molecule has 3 aromatic rings. The molecular formula is C30H32Cl2F3N5O2. The highest BCUT2D eigenvalue weighted by Gasteiger charge is 2.33. The molecule has 0 aromatic heterocycles. The summed E-state index contributed by atoms with van der Waals surface area (Å²) in [5.74, 6) is -1.15. The minimum atomic E-state index is -4.64. The van der Waals surface area contributed by atoms with Crippen LogP contribution in [0, 0.1) is 0 Å². The molecule has 0 aliphatic heterocycles. The second-order valence-electron chi connectivity index (χ2n) is 9.55. The number of anilines is 1. The number of alkyl halides is 3. The number of carbonyl (C=O) groups is 2. The number of hydrogen-bond donors (Lipinski definition) is 2. The van der Waals surface area contributed by atoms with E-state index in [1.54, 1.807) is 18.2 Å². The number of hydrazone groups is 1. The summed E-state index contributed by atoms with van der Waals surface area (Å²) in [6.07, 6.45) is -3.59. The van der Waals surface area contributed by atoms with Crippen LogP contribution < -0.4 is 10.7 Å². The van der Waals surface area contributed by atoms with E-state index < -0.39 is 28.6 Å². The molecule has 2 amide bonds. The third-order valence-corrected chi connectivity index (χ3v) is 7.05. The summed E-state index contributed by atoms with van der Waals surface area (Å²) in [4.78, 5) is 30.5. The van der Waals surface area contributed by atoms with Gasteiger partial charge in [-0.25, -0.2) is 5.43 Å². The first kappa shape index (κ1) is 33.1. The molecular weight excluding hydrogens is 590 g/mol. The van der Waals surface area contributed by atoms with Crippen LogP contribution in [0.1, 0.15) is 51.3 Å². The Morgan fingerprint density at radius 3 is 2.38 bits per heavy atom. The van der Waals surface area contributed by atoms with E-state index in [4.69, 9.17) is 23.2 Å². The molecule has 0 aliphatic rings. The maximum absolute atomic E-state index is 13.1. The molecule has 224 valence electrons. The highest BCUT2D eigenvalue weighted by Crippen LogP contribution is 2.34. The van der Waals surface area contributed by atoms with Crippen LogP contribution in [0.3, 0.4) is 0 Å². The zero-order valence-corrected chi connectivity index (χ0v) is 24.9. The Hall–Kier alpha value is -3.44. The number of likely N-dealkylation sites (N-methyl/N-ethyl adjacent to an activating group) is 2. The third-order valence-electron chi connectivity index (χ3n) is 6.48. The van der Waals surface area contributed by atoms with Crippen molar-refractivity contribution in [3.63, 3.8) is 0 Å². The first-order valence-electron chi connectivity index (χ1n) is 13.2. The number of nitrogens with one attached hydrogen (secondary N) is 2. The molecule has 0 saturated carbocycles. The quantitative estimate of drug-likeness (QED) is 0.172. The van der Waals surface area contributed by atoms with Crippen molar-refractivity contribution in [2.24, 2.45) is 5.10 Å². The fraction of sp³-hybridized carbons (Fsp3) is 0.300. The van der Waals surface area contributed by atoms with Gasteiger partial charge in [-0.05, 0) is 73.7 Å². The summed E-state index contributed by atoms with van der Waals surface area (Å²) >= 11 is 11.7. The number of nitrogens with zero attached hydrogens (tertiary/aromatic N) is 3. The molecule has 2 N–H and O–H groups in total. The summed E-state index contributed by atoms with van der Waals surface area (Å²) in [5.41, 5.74) is 2.89. The molecule has 0 atom stereocenters. The van der Waals surface area contributed by atoms with Crippen molar-refractivity contribution < 1.29 is 22.8 Å². The summed E-state index contributed by atoms with van der Waals surface area (Å²) < 4.78 is 39.4. The standard InChI is InChI=1S/C30H32Cl2F3N5O2/c1-4-40(5-2)14-13-39(3)19-21-7-6-8-22(15-21)28(41)37-27-12-10-23(31)17-24(27)29(42)38-36-18-20-9-11-26(32)25(16-20)30(33,34)35/h6-12,15-18H,4-5,13-14,19H2,1-3H3,(H,37,41)(H,38,42)/b36-18+. The van der Waals surface area contributed by atoms with Crippen LogP contribution in [0.4, 0.5) is 18.9 Å². The third kappa shape index (κ3) is 9.55. The van der Waals surface area contributed by atoms with Crippen LogP contribution >= 0.6 is 23.2 Å². The minimum absolute atomic E-state index is 0.0207. The van der Waals surface area contributed by atoms with Gasteiger partial charge in [0.05, 0.1) is 28.1 Å². The molecule has 0 radical (unpaired) electrons. The Morgan fingerprint density at radius 1 is 0.952 bits per heavy atom. The van der Waals surface area contributed by atoms with Crippen LogP contribution in [-0.4, -0.2) is 61.1 Å². The fourth-order valence-corrected chi connectivity index (χ4v) is 4.52. The average Bonchev–Trinajstić information content (AvgIpc) is 2.94. The van der Waals surface area contributed by atoms with Gasteiger partial charge in [0.2, 0.25) is 0 Å². The first-order valence-corrected chi connectivity index (χ1v) is 14.0. The normalized spacial score (nSPS) is 11.9. The summed E-state index contributed by atoms with van der Waals surface area (Å²) in [7, 11) is 2.03. The summed E-state index contributed by atoms with van der Waals surface area (Å²) in [6, 6.07) is 14.8. The van der Waals surface area contributed by atoms with Crippen LogP contribution in [0.2, 0.25) is 10.0 Å². The van der Waals surface area contributed by atoms with Gasteiger partial charge in [0.15, 0.2) is 0 Å². The number of benzene rings is 3. The lowest BCUT2D eigenvalue weighted by Crippen LogP contribution is -2.32. The number of carbonyl (C=O) groups excluding carboxylic acids is 2. The molecule has 0 saturated heterocycles. The van der Waals surface area contributed by atoms with Gasteiger partial charge in [0.1, 0.15) is 0 Å². The van der Waals surface area contributed by atoms with Gasteiger partial charge in [-0.1, -0.05) is 55.2 Å². The van der Waals surface area contributed by atoms with E-state index in [2.05, 4.69) is 39.5 Å². The van der Waals surface area contributed by atoms with Crippen molar-refractivity contribution >= 4 is 46.9 Å². The van der Waals surface area contributed by atoms with Gasteiger partial charge in [-0.3, -0.25) is 9.59 Å². The predicted octanol–water partition coefficient (Wildman–Crippen LogP) is 6.80. The van der Waals surface area contributed by atoms with E-state index in [0.29, 0.717) is 12.1 Å². The molecule has 0 heterocycles. The van der Waals surface area contributed by atoms with Gasteiger partial charge >= 0.3 is 6.18 Å². The lowest BCUT2D eigenvalue weighted by Gasteiger charge is -2.23.